The zero-order valence-corrected chi connectivity index (χ0v) is 11.1. The number of carbonyl (C=O) groups excluding carboxylic acids is 2. The summed E-state index contributed by atoms with van der Waals surface area (Å²) in [4.78, 5) is 25.5. The Morgan fingerprint density at radius 3 is 2.89 bits per heavy atom. The molecule has 1 N–H and O–H groups in total. The molecule has 0 spiro atoms. The van der Waals surface area contributed by atoms with E-state index in [4.69, 9.17) is 16.3 Å². The van der Waals surface area contributed by atoms with Crippen LogP contribution in [0.5, 0.6) is 0 Å². The van der Waals surface area contributed by atoms with E-state index in [1.54, 1.807) is 18.2 Å². The van der Waals surface area contributed by atoms with Crippen LogP contribution in [0.25, 0.3) is 0 Å². The van der Waals surface area contributed by atoms with Crippen LogP contribution >= 0.6 is 11.6 Å². The van der Waals surface area contributed by atoms with E-state index in [1.807, 2.05) is 6.92 Å². The Morgan fingerprint density at radius 1 is 1.37 bits per heavy atom. The molecule has 5 nitrogen and oxygen atoms in total. The maximum atomic E-state index is 12.4. The molecule has 0 radical (unpaired) electrons. The molecule has 6 heteroatoms. The normalized spacial score (nSPS) is 26.3. The zero-order valence-electron chi connectivity index (χ0n) is 10.4. The molecule has 2 saturated heterocycles. The number of urea groups is 1. The lowest BCUT2D eigenvalue weighted by Crippen LogP contribution is -2.60. The lowest BCUT2D eigenvalue weighted by molar-refractivity contribution is -0.122. The van der Waals surface area contributed by atoms with Crippen molar-refractivity contribution in [2.24, 2.45) is 5.92 Å². The van der Waals surface area contributed by atoms with Crippen molar-refractivity contribution in [2.45, 2.75) is 13.0 Å². The molecule has 2 unspecified atom stereocenters. The fraction of sp³-hybridized carbons (Fsp3) is 0.385. The largest absolute Gasteiger partial charge is 0.378 e. The van der Waals surface area contributed by atoms with Crippen LogP contribution in [0.15, 0.2) is 18.2 Å². The van der Waals surface area contributed by atoms with Crippen molar-refractivity contribution < 1.29 is 14.3 Å². The summed E-state index contributed by atoms with van der Waals surface area (Å²) in [5, 5.41) is 3.32. The molecule has 2 aliphatic heterocycles. The number of carbonyl (C=O) groups is 2. The molecule has 2 atom stereocenters. The maximum Gasteiger partial charge on any atom is 0.329 e. The average molecular weight is 281 g/mol. The Bertz CT molecular complexity index is 561. The standard InChI is InChI=1S/C13H13ClN2O3/c1-7-2-3-8(4-10(7)14)16-12(17)9-5-19-6-11(9)15-13(16)18/h2-4,9,11H,5-6H2,1H3,(H,15,18). The summed E-state index contributed by atoms with van der Waals surface area (Å²) in [6, 6.07) is 4.50. The van der Waals surface area contributed by atoms with Gasteiger partial charge in [0.15, 0.2) is 0 Å². The minimum atomic E-state index is -0.420. The third-order valence-electron chi connectivity index (χ3n) is 3.54. The molecule has 1 aromatic rings. The van der Waals surface area contributed by atoms with Crippen LogP contribution in [0.2, 0.25) is 5.02 Å². The van der Waals surface area contributed by atoms with Crippen LogP contribution in [0.1, 0.15) is 5.56 Å². The van der Waals surface area contributed by atoms with Gasteiger partial charge in [-0.05, 0) is 24.6 Å². The molecule has 0 aliphatic carbocycles. The van der Waals surface area contributed by atoms with Gasteiger partial charge >= 0.3 is 6.03 Å². The molecule has 2 fully saturated rings. The van der Waals surface area contributed by atoms with Gasteiger partial charge in [-0.15, -0.1) is 0 Å². The Labute approximate surface area is 115 Å². The van der Waals surface area contributed by atoms with Gasteiger partial charge in [-0.1, -0.05) is 17.7 Å². The highest BCUT2D eigenvalue weighted by atomic mass is 35.5. The Hall–Kier alpha value is -1.59. The number of amides is 3. The number of benzene rings is 1. The minimum Gasteiger partial charge on any atom is -0.378 e. The van der Waals surface area contributed by atoms with Crippen LogP contribution < -0.4 is 10.2 Å². The number of hydrogen-bond donors (Lipinski definition) is 1. The zero-order chi connectivity index (χ0) is 13.6. The fourth-order valence-electron chi connectivity index (χ4n) is 2.39. The first kappa shape index (κ1) is 12.4. The van der Waals surface area contributed by atoms with Crippen LogP contribution in [-0.4, -0.2) is 31.2 Å². The molecule has 3 rings (SSSR count). The molecule has 0 bridgehead atoms. The summed E-state index contributed by atoms with van der Waals surface area (Å²) >= 11 is 6.05. The van der Waals surface area contributed by atoms with Gasteiger partial charge in [0.2, 0.25) is 5.91 Å². The lowest BCUT2D eigenvalue weighted by Gasteiger charge is -2.32. The van der Waals surface area contributed by atoms with Crippen molar-refractivity contribution in [3.8, 4) is 0 Å². The summed E-state index contributed by atoms with van der Waals surface area (Å²) in [7, 11) is 0. The Balaban J connectivity index is 1.96. The summed E-state index contributed by atoms with van der Waals surface area (Å²) in [5.74, 6) is -0.538. The van der Waals surface area contributed by atoms with E-state index in [0.717, 1.165) is 10.5 Å². The van der Waals surface area contributed by atoms with E-state index in [-0.39, 0.29) is 17.9 Å². The number of nitrogens with zero attached hydrogens (tertiary/aromatic N) is 1. The van der Waals surface area contributed by atoms with Gasteiger partial charge in [-0.2, -0.15) is 0 Å². The fourth-order valence-corrected chi connectivity index (χ4v) is 2.57. The number of halogens is 1. The number of hydrogen-bond acceptors (Lipinski definition) is 3. The van der Waals surface area contributed by atoms with Crippen LogP contribution in [0.4, 0.5) is 10.5 Å². The highest BCUT2D eigenvalue weighted by Gasteiger charge is 2.45. The van der Waals surface area contributed by atoms with E-state index >= 15 is 0 Å². The molecule has 3 amide bonds. The van der Waals surface area contributed by atoms with Crippen molar-refractivity contribution in [2.75, 3.05) is 18.1 Å². The van der Waals surface area contributed by atoms with E-state index in [2.05, 4.69) is 5.32 Å². The second-order valence-electron chi connectivity index (χ2n) is 4.81. The highest BCUT2D eigenvalue weighted by molar-refractivity contribution is 6.32. The van der Waals surface area contributed by atoms with Crippen molar-refractivity contribution in [1.82, 2.24) is 5.32 Å². The smallest absolute Gasteiger partial charge is 0.329 e. The van der Waals surface area contributed by atoms with E-state index in [0.29, 0.717) is 23.9 Å². The number of rotatable bonds is 1. The SMILES string of the molecule is Cc1ccc(N2C(=O)NC3COCC3C2=O)cc1Cl. The number of anilines is 1. The predicted octanol–water partition coefficient (Wildman–Crippen LogP) is 1.72. The van der Waals surface area contributed by atoms with Crippen molar-refractivity contribution in [3.05, 3.63) is 28.8 Å². The number of fused-ring (bicyclic) bond motifs is 1. The van der Waals surface area contributed by atoms with Gasteiger partial charge in [0.05, 0.1) is 30.9 Å². The third-order valence-corrected chi connectivity index (χ3v) is 3.95. The maximum absolute atomic E-state index is 12.4. The number of nitrogens with one attached hydrogen (secondary N) is 1. The molecule has 2 aliphatic rings. The van der Waals surface area contributed by atoms with Crippen LogP contribution in [0, 0.1) is 12.8 Å². The quantitative estimate of drug-likeness (QED) is 0.852. The second-order valence-corrected chi connectivity index (χ2v) is 5.21. The second kappa shape index (κ2) is 4.51. The molecule has 100 valence electrons. The first-order valence-electron chi connectivity index (χ1n) is 6.06. The summed E-state index contributed by atoms with van der Waals surface area (Å²) in [6.45, 7) is 2.61. The van der Waals surface area contributed by atoms with Gasteiger partial charge in [0.1, 0.15) is 0 Å². The third kappa shape index (κ3) is 1.99. The van der Waals surface area contributed by atoms with Crippen molar-refractivity contribution in [1.29, 1.82) is 0 Å². The first-order chi connectivity index (χ1) is 9.08. The number of ether oxygens (including phenoxy) is 1. The summed E-state index contributed by atoms with van der Waals surface area (Å²) < 4.78 is 5.25. The molecule has 1 aromatic carbocycles. The topological polar surface area (TPSA) is 58.6 Å². The van der Waals surface area contributed by atoms with Crippen LogP contribution in [0.3, 0.4) is 0 Å². The van der Waals surface area contributed by atoms with Gasteiger partial charge in [-0.25, -0.2) is 9.69 Å². The van der Waals surface area contributed by atoms with E-state index in [9.17, 15) is 9.59 Å². The molecule has 0 saturated carbocycles. The van der Waals surface area contributed by atoms with Gasteiger partial charge in [0, 0.05) is 5.02 Å². The molecule has 2 heterocycles. The first-order valence-corrected chi connectivity index (χ1v) is 6.44. The monoisotopic (exact) mass is 280 g/mol. The van der Waals surface area contributed by atoms with Crippen LogP contribution in [-0.2, 0) is 9.53 Å². The Morgan fingerprint density at radius 2 is 2.16 bits per heavy atom. The van der Waals surface area contributed by atoms with Gasteiger partial charge in [-0.3, -0.25) is 4.79 Å². The molecule has 0 aromatic heterocycles. The van der Waals surface area contributed by atoms with E-state index in [1.165, 1.54) is 0 Å². The predicted molar refractivity (Wildman–Crippen MR) is 70.3 cm³/mol. The number of imide groups is 1. The minimum absolute atomic E-state index is 0.211. The van der Waals surface area contributed by atoms with Gasteiger partial charge < -0.3 is 10.1 Å². The summed E-state index contributed by atoms with van der Waals surface area (Å²) in [6.07, 6.45) is 0. The molecular formula is C13H13ClN2O3. The van der Waals surface area contributed by atoms with Gasteiger partial charge in [0.25, 0.3) is 0 Å². The summed E-state index contributed by atoms with van der Waals surface area (Å²) in [5.41, 5.74) is 1.39. The molecular weight excluding hydrogens is 268 g/mol. The average Bonchev–Trinajstić information content (AvgIpc) is 2.82. The lowest BCUT2D eigenvalue weighted by atomic mass is 9.99. The molecule has 19 heavy (non-hydrogen) atoms. The van der Waals surface area contributed by atoms with E-state index < -0.39 is 6.03 Å². The van der Waals surface area contributed by atoms with Crippen molar-refractivity contribution >= 4 is 29.2 Å². The van der Waals surface area contributed by atoms with Crippen molar-refractivity contribution in [3.63, 3.8) is 0 Å². The number of aryl methyl sites for hydroxylation is 1. The Kier molecular flexibility index (Phi) is 2.95. The highest BCUT2D eigenvalue weighted by Crippen LogP contribution is 2.29.